The molecule has 10 N–H and O–H groups in total. The molecule has 0 amide bonds. The summed E-state index contributed by atoms with van der Waals surface area (Å²) in [5.41, 5.74) is -0.532. The van der Waals surface area contributed by atoms with Crippen LogP contribution in [0.25, 0.3) is 27.2 Å². The molecular formula is C42H28N12O28S7. The third-order valence-corrected chi connectivity index (χ3v) is 15.4. The summed E-state index contributed by atoms with van der Waals surface area (Å²) in [5.74, 6) is -3.89. The molecule has 0 spiro atoms. The molecular weight excluding hydrogens is 1340 g/mol. The number of fused-ring (bicyclic) bond motifs is 2. The largest absolute Gasteiger partial charge is 0.505 e. The number of nitro groups is 1. The second kappa shape index (κ2) is 26.2. The molecule has 0 aliphatic rings. The van der Waals surface area contributed by atoms with Crippen molar-refractivity contribution in [3.05, 3.63) is 113 Å². The van der Waals surface area contributed by atoms with E-state index in [1.807, 2.05) is 0 Å². The molecule has 0 bridgehead atoms. The number of nitro benzene ring substituents is 1. The Morgan fingerprint density at radius 1 is 0.528 bits per heavy atom. The molecule has 0 saturated heterocycles. The zero-order valence-corrected chi connectivity index (χ0v) is 48.2. The number of anilines is 1. The molecule has 1 heterocycles. The van der Waals surface area contributed by atoms with Crippen LogP contribution in [0.2, 0.25) is 0 Å². The second-order valence-electron chi connectivity index (χ2n) is 16.3. The van der Waals surface area contributed by atoms with Gasteiger partial charge >= 0.3 is 21.2 Å². The summed E-state index contributed by atoms with van der Waals surface area (Å²) in [4.78, 5) is 16.5. The Kier molecular flexibility index (Phi) is 20.0. The summed E-state index contributed by atoms with van der Waals surface area (Å²) in [6.45, 7) is -0.150. The van der Waals surface area contributed by atoms with Crippen LogP contribution < -0.4 is 10.5 Å². The maximum atomic E-state index is 13.1. The average Bonchev–Trinajstić information content (AvgIpc) is 1.39. The molecule has 8 aromatic rings. The lowest BCUT2D eigenvalue weighted by molar-refractivity contribution is -0.384. The highest BCUT2D eigenvalue weighted by Crippen LogP contribution is 2.49. The SMILES string of the molecule is Nc1c(N=Nc2ccc3c(O)c(N=Nc4ccc(N=Nc5c(OC=O)nn(-c6ccc(S(=O)(=O)O)cc6)c5O)c(S(=O)(=O)O)c4)c(S(=O)(=O)O)cc3c2S(=O)(=O)O)cc(S(=O)(=O)O)c2ccc(N=Nc3ccccc3[N+](=O)[O-])c(O)c12.O=S(=O)=O.O=S(=O)=O. The minimum Gasteiger partial charge on any atom is -0.505 e. The fourth-order valence-corrected chi connectivity index (χ4v) is 10.7. The van der Waals surface area contributed by atoms with Gasteiger partial charge < -0.3 is 25.8 Å². The maximum absolute atomic E-state index is 13.1. The predicted octanol–water partition coefficient (Wildman–Crippen LogP) is 6.21. The van der Waals surface area contributed by atoms with Gasteiger partial charge in [-0.2, -0.15) is 51.9 Å². The highest BCUT2D eigenvalue weighted by molar-refractivity contribution is 7.87. The number of hydrogen-bond acceptors (Lipinski definition) is 33. The van der Waals surface area contributed by atoms with Crippen molar-refractivity contribution in [3.8, 4) is 28.9 Å². The summed E-state index contributed by atoms with van der Waals surface area (Å²) < 4.78 is 232. The van der Waals surface area contributed by atoms with E-state index in [9.17, 15) is 95.1 Å². The minimum atomic E-state index is -5.64. The number of hydrogen-bond donors (Lipinski definition) is 9. The number of carbonyl (C=O) groups is 1. The number of phenols is 2. The molecule has 0 radical (unpaired) electrons. The van der Waals surface area contributed by atoms with Gasteiger partial charge in [-0.25, -0.2) is 0 Å². The predicted molar refractivity (Wildman–Crippen MR) is 292 cm³/mol. The topological polar surface area (TPSA) is 647 Å². The van der Waals surface area contributed by atoms with Gasteiger partial charge in [0.05, 0.1) is 32.3 Å². The lowest BCUT2D eigenvalue weighted by atomic mass is 10.1. The van der Waals surface area contributed by atoms with Crippen LogP contribution in [0.15, 0.2) is 169 Å². The summed E-state index contributed by atoms with van der Waals surface area (Å²) in [7, 11) is -32.7. The van der Waals surface area contributed by atoms with Crippen LogP contribution in [0, 0.1) is 10.1 Å². The highest BCUT2D eigenvalue weighted by Gasteiger charge is 2.30. The van der Waals surface area contributed by atoms with Crippen LogP contribution >= 0.6 is 0 Å². The monoisotopic (exact) mass is 1370 g/mol. The Labute approximate surface area is 497 Å². The van der Waals surface area contributed by atoms with Crippen molar-refractivity contribution in [2.75, 3.05) is 5.73 Å². The van der Waals surface area contributed by atoms with Gasteiger partial charge in [0.25, 0.3) is 68.6 Å². The van der Waals surface area contributed by atoms with E-state index >= 15 is 0 Å². The van der Waals surface area contributed by atoms with Crippen molar-refractivity contribution in [3.63, 3.8) is 0 Å². The number of carbonyl (C=O) groups excluding carboxylic acids is 1. The third-order valence-electron chi connectivity index (χ3n) is 10.9. The molecule has 89 heavy (non-hydrogen) atoms. The summed E-state index contributed by atoms with van der Waals surface area (Å²) in [6, 6.07) is 15.9. The van der Waals surface area contributed by atoms with Gasteiger partial charge in [0, 0.05) is 22.2 Å². The van der Waals surface area contributed by atoms with E-state index in [0.717, 1.165) is 66.7 Å². The van der Waals surface area contributed by atoms with Gasteiger partial charge in [-0.3, -0.25) is 37.7 Å². The Hall–Kier alpha value is -10.5. The van der Waals surface area contributed by atoms with Crippen molar-refractivity contribution >= 4 is 157 Å². The first-order valence-electron chi connectivity index (χ1n) is 22.1. The number of para-hydroxylation sites is 1. The summed E-state index contributed by atoms with van der Waals surface area (Å²) in [5, 5.41) is 75.9. The first-order chi connectivity index (χ1) is 41.3. The van der Waals surface area contributed by atoms with E-state index in [2.05, 4.69) is 46.0 Å². The Morgan fingerprint density at radius 2 is 1.04 bits per heavy atom. The van der Waals surface area contributed by atoms with Crippen molar-refractivity contribution in [1.82, 2.24) is 9.78 Å². The van der Waals surface area contributed by atoms with Crippen LogP contribution in [0.3, 0.4) is 0 Å². The molecule has 0 unspecified atom stereocenters. The van der Waals surface area contributed by atoms with Gasteiger partial charge in [0.1, 0.15) is 48.0 Å². The molecule has 8 rings (SSSR count). The Morgan fingerprint density at radius 3 is 1.61 bits per heavy atom. The molecule has 0 atom stereocenters. The quantitative estimate of drug-likeness (QED) is 0.0122. The molecule has 0 aliphatic carbocycles. The zero-order chi connectivity index (χ0) is 66.5. The van der Waals surface area contributed by atoms with E-state index in [0.29, 0.717) is 22.9 Å². The Balaban J connectivity index is 0.00000149. The van der Waals surface area contributed by atoms with E-state index in [-0.39, 0.29) is 17.8 Å². The van der Waals surface area contributed by atoms with Crippen LogP contribution in [-0.2, 0) is 76.6 Å². The minimum absolute atomic E-state index is 0.0966. The first kappa shape index (κ1) is 67.7. The van der Waals surface area contributed by atoms with Gasteiger partial charge in [-0.15, -0.1) is 66.2 Å². The van der Waals surface area contributed by atoms with Crippen molar-refractivity contribution in [2.45, 2.75) is 24.5 Å². The second-order valence-corrected chi connectivity index (χ2v) is 24.1. The van der Waals surface area contributed by atoms with E-state index in [1.165, 1.54) is 18.2 Å². The first-order valence-corrected chi connectivity index (χ1v) is 31.3. The maximum Gasteiger partial charge on any atom is 0.425 e. The van der Waals surface area contributed by atoms with E-state index in [1.54, 1.807) is 0 Å². The van der Waals surface area contributed by atoms with E-state index < -0.39 is 197 Å². The molecule has 40 nitrogen and oxygen atoms in total. The molecule has 47 heteroatoms. The van der Waals surface area contributed by atoms with Crippen molar-refractivity contribution in [2.24, 2.45) is 40.9 Å². The number of rotatable bonds is 17. The standard InChI is InChI=1S/C42H28N12O22S5.2O3S/c43-35-29(17-31(78(64,65)66)23-11-13-27(39(57)34(23)35)47-45-25-3-1-2-4-30(25)54(59)60)49-48-28-14-10-22-24(40(28)81(73,74)75)16-33(80(70,71)72)36(38(22)56)50-44-19-5-12-26(32(15-19)79(67,68)69)46-51-37-41(76-18-55)52-53(42(37)58)20-6-8-21(9-7-20)77(61,62)63;2*1-4(2)3/h1-18,56-58H,43H2,(H,61,62,63)(H,64,65,66)(H,67,68,69)(H,70,71,72)(H,73,74,75);;. The molecule has 7 aromatic carbocycles. The van der Waals surface area contributed by atoms with E-state index in [4.69, 9.17) is 35.7 Å². The number of nitrogens with two attached hydrogens (primary N) is 1. The van der Waals surface area contributed by atoms with Gasteiger partial charge in [-0.05, 0) is 78.9 Å². The van der Waals surface area contributed by atoms with Crippen LogP contribution in [0.5, 0.6) is 23.3 Å². The molecule has 0 fully saturated rings. The molecule has 0 saturated carbocycles. The highest BCUT2D eigenvalue weighted by atomic mass is 32.2. The van der Waals surface area contributed by atoms with Crippen molar-refractivity contribution < 1.29 is 120 Å². The lowest BCUT2D eigenvalue weighted by Crippen LogP contribution is -2.03. The van der Waals surface area contributed by atoms with Crippen LogP contribution in [0.4, 0.5) is 56.9 Å². The molecule has 1 aromatic heterocycles. The smallest absolute Gasteiger partial charge is 0.425 e. The average molecular weight is 1370 g/mol. The van der Waals surface area contributed by atoms with Gasteiger partial charge in [0.2, 0.25) is 11.6 Å². The third kappa shape index (κ3) is 15.9. The van der Waals surface area contributed by atoms with Gasteiger partial charge in [-0.1, -0.05) is 18.2 Å². The lowest BCUT2D eigenvalue weighted by Gasteiger charge is -2.13. The Bertz CT molecular complexity index is 5220. The summed E-state index contributed by atoms with van der Waals surface area (Å²) >= 11 is 0. The number of aromatic nitrogens is 2. The number of phenolic OH excluding ortho intramolecular Hbond substituents is 2. The van der Waals surface area contributed by atoms with Crippen molar-refractivity contribution in [1.29, 1.82) is 0 Å². The fourth-order valence-electron chi connectivity index (χ4n) is 7.39. The van der Waals surface area contributed by atoms with Crippen LogP contribution in [0.1, 0.15) is 0 Å². The zero-order valence-electron chi connectivity index (χ0n) is 42.5. The molecule has 0 aliphatic heterocycles. The fraction of sp³-hybridized carbons (Fsp3) is 0. The number of ether oxygens (including phenoxy) is 1. The number of aromatic hydroxyl groups is 3. The summed E-state index contributed by atoms with van der Waals surface area (Å²) in [6.07, 6.45) is 0. The number of nitrogens with zero attached hydrogens (tertiary/aromatic N) is 11. The van der Waals surface area contributed by atoms with Gasteiger partial charge in [0.15, 0.2) is 17.2 Å². The number of benzene rings is 7. The normalized spacial score (nSPS) is 12.3. The van der Waals surface area contributed by atoms with Crippen LogP contribution in [-0.4, -0.2) is 127 Å². The number of azo groups is 4. The molecule has 466 valence electrons. The number of nitrogen functional groups attached to an aromatic ring is 1.